The van der Waals surface area contributed by atoms with Gasteiger partial charge in [0.15, 0.2) is 11.6 Å². The lowest BCUT2D eigenvalue weighted by atomic mass is 9.78. The van der Waals surface area contributed by atoms with E-state index in [-0.39, 0.29) is 16.9 Å². The van der Waals surface area contributed by atoms with E-state index in [0.29, 0.717) is 36.2 Å². The Kier molecular flexibility index (Phi) is 7.89. The SMILES string of the molecule is CCOCc1ccc(C2CCC(/C=C/c3ccc(-c4ccc(C)cc4)c(F)c3F)CC2)cc1F. The van der Waals surface area contributed by atoms with Gasteiger partial charge in [0.05, 0.1) is 6.61 Å². The van der Waals surface area contributed by atoms with Gasteiger partial charge >= 0.3 is 0 Å². The van der Waals surface area contributed by atoms with Crippen LogP contribution >= 0.6 is 0 Å². The lowest BCUT2D eigenvalue weighted by Crippen LogP contribution is -2.12. The van der Waals surface area contributed by atoms with E-state index < -0.39 is 11.6 Å². The zero-order valence-corrected chi connectivity index (χ0v) is 19.8. The third-order valence-corrected chi connectivity index (χ3v) is 6.80. The van der Waals surface area contributed by atoms with Gasteiger partial charge in [0.2, 0.25) is 0 Å². The van der Waals surface area contributed by atoms with Crippen LogP contribution in [0, 0.1) is 30.3 Å². The Balaban J connectivity index is 1.38. The molecule has 0 amide bonds. The van der Waals surface area contributed by atoms with Crippen LogP contribution in [-0.4, -0.2) is 6.61 Å². The molecule has 0 bridgehead atoms. The summed E-state index contributed by atoms with van der Waals surface area (Å²) >= 11 is 0. The molecule has 0 heterocycles. The molecule has 0 radical (unpaired) electrons. The Bertz CT molecular complexity index is 1140. The second kappa shape index (κ2) is 11.1. The van der Waals surface area contributed by atoms with Crippen molar-refractivity contribution in [3.05, 3.63) is 100 Å². The molecule has 0 spiro atoms. The highest BCUT2D eigenvalue weighted by atomic mass is 19.2. The van der Waals surface area contributed by atoms with Crippen LogP contribution in [0.15, 0.2) is 60.7 Å². The van der Waals surface area contributed by atoms with E-state index in [9.17, 15) is 13.2 Å². The van der Waals surface area contributed by atoms with Gasteiger partial charge in [0, 0.05) is 23.3 Å². The summed E-state index contributed by atoms with van der Waals surface area (Å²) in [4.78, 5) is 0. The third kappa shape index (κ3) is 5.61. The lowest BCUT2D eigenvalue weighted by Gasteiger charge is -2.27. The van der Waals surface area contributed by atoms with Gasteiger partial charge in [-0.2, -0.15) is 0 Å². The number of benzene rings is 3. The summed E-state index contributed by atoms with van der Waals surface area (Å²) in [6.07, 6.45) is 7.46. The van der Waals surface area contributed by atoms with Gasteiger partial charge in [-0.25, -0.2) is 13.2 Å². The minimum atomic E-state index is -0.815. The maximum absolute atomic E-state index is 14.7. The van der Waals surface area contributed by atoms with Gasteiger partial charge < -0.3 is 4.74 Å². The van der Waals surface area contributed by atoms with E-state index in [2.05, 4.69) is 0 Å². The lowest BCUT2D eigenvalue weighted by molar-refractivity contribution is 0.131. The molecule has 1 saturated carbocycles. The number of hydrogen-bond donors (Lipinski definition) is 0. The fourth-order valence-corrected chi connectivity index (χ4v) is 4.68. The molecule has 0 atom stereocenters. The Hall–Kier alpha value is -2.85. The first-order chi connectivity index (χ1) is 16.5. The van der Waals surface area contributed by atoms with Crippen LogP contribution in [-0.2, 0) is 11.3 Å². The Morgan fingerprint density at radius 1 is 0.882 bits per heavy atom. The molecular formula is C30H31F3O. The van der Waals surface area contributed by atoms with E-state index in [1.54, 1.807) is 36.4 Å². The molecule has 0 unspecified atom stereocenters. The van der Waals surface area contributed by atoms with Gasteiger partial charge in [-0.15, -0.1) is 0 Å². The molecule has 1 aliphatic rings. The van der Waals surface area contributed by atoms with Gasteiger partial charge in [-0.1, -0.05) is 66.2 Å². The molecule has 3 aromatic carbocycles. The number of rotatable bonds is 7. The quantitative estimate of drug-likeness (QED) is 0.340. The van der Waals surface area contributed by atoms with E-state index in [0.717, 1.165) is 36.8 Å². The molecule has 0 N–H and O–H groups in total. The fraction of sp³-hybridized carbons (Fsp3) is 0.333. The predicted molar refractivity (Wildman–Crippen MR) is 132 cm³/mol. The van der Waals surface area contributed by atoms with Crippen LogP contribution in [0.5, 0.6) is 0 Å². The Morgan fingerprint density at radius 3 is 2.29 bits per heavy atom. The largest absolute Gasteiger partial charge is 0.377 e. The van der Waals surface area contributed by atoms with Crippen LogP contribution in [0.4, 0.5) is 13.2 Å². The monoisotopic (exact) mass is 464 g/mol. The molecule has 0 aliphatic heterocycles. The van der Waals surface area contributed by atoms with Crippen molar-refractivity contribution in [3.63, 3.8) is 0 Å². The zero-order valence-electron chi connectivity index (χ0n) is 19.8. The number of ether oxygens (including phenoxy) is 1. The molecule has 3 aromatic rings. The average molecular weight is 465 g/mol. The second-order valence-electron chi connectivity index (χ2n) is 9.16. The van der Waals surface area contributed by atoms with Crippen molar-refractivity contribution in [2.75, 3.05) is 6.61 Å². The highest BCUT2D eigenvalue weighted by Gasteiger charge is 2.22. The van der Waals surface area contributed by atoms with Crippen LogP contribution in [0.3, 0.4) is 0 Å². The van der Waals surface area contributed by atoms with Crippen LogP contribution in [0.25, 0.3) is 17.2 Å². The van der Waals surface area contributed by atoms with Crippen molar-refractivity contribution in [1.82, 2.24) is 0 Å². The van der Waals surface area contributed by atoms with Crippen molar-refractivity contribution in [2.24, 2.45) is 5.92 Å². The summed E-state index contributed by atoms with van der Waals surface area (Å²) < 4.78 is 49.2. The number of aryl methyl sites for hydroxylation is 1. The third-order valence-electron chi connectivity index (χ3n) is 6.80. The van der Waals surface area contributed by atoms with Gasteiger partial charge in [0.1, 0.15) is 5.82 Å². The molecule has 0 aromatic heterocycles. The smallest absolute Gasteiger partial charge is 0.167 e. The predicted octanol–water partition coefficient (Wildman–Crippen LogP) is 8.60. The average Bonchev–Trinajstić information content (AvgIpc) is 2.85. The highest BCUT2D eigenvalue weighted by Crippen LogP contribution is 2.37. The van der Waals surface area contributed by atoms with Crippen molar-refractivity contribution in [1.29, 1.82) is 0 Å². The minimum Gasteiger partial charge on any atom is -0.377 e. The first kappa shape index (κ1) is 24.3. The van der Waals surface area contributed by atoms with Crippen LogP contribution in [0.2, 0.25) is 0 Å². The first-order valence-corrected chi connectivity index (χ1v) is 12.1. The van der Waals surface area contributed by atoms with E-state index >= 15 is 0 Å². The Morgan fingerprint density at radius 2 is 1.62 bits per heavy atom. The number of hydrogen-bond acceptors (Lipinski definition) is 1. The van der Waals surface area contributed by atoms with Crippen molar-refractivity contribution in [3.8, 4) is 11.1 Å². The maximum Gasteiger partial charge on any atom is 0.167 e. The highest BCUT2D eigenvalue weighted by molar-refractivity contribution is 5.67. The summed E-state index contributed by atoms with van der Waals surface area (Å²) in [6, 6.07) is 16.1. The summed E-state index contributed by atoms with van der Waals surface area (Å²) in [6.45, 7) is 4.71. The fourth-order valence-electron chi connectivity index (χ4n) is 4.68. The maximum atomic E-state index is 14.7. The van der Waals surface area contributed by atoms with E-state index in [1.807, 2.05) is 44.2 Å². The molecule has 178 valence electrons. The Labute approximate surface area is 200 Å². The molecule has 34 heavy (non-hydrogen) atoms. The van der Waals surface area contributed by atoms with Gasteiger partial charge in [-0.05, 0) is 68.6 Å². The first-order valence-electron chi connectivity index (χ1n) is 12.1. The van der Waals surface area contributed by atoms with Gasteiger partial charge in [0.25, 0.3) is 0 Å². The second-order valence-corrected chi connectivity index (χ2v) is 9.16. The molecule has 1 aliphatic carbocycles. The summed E-state index contributed by atoms with van der Waals surface area (Å²) in [5, 5.41) is 0. The molecule has 0 saturated heterocycles. The van der Waals surface area contributed by atoms with Crippen molar-refractivity contribution < 1.29 is 17.9 Å². The van der Waals surface area contributed by atoms with Crippen LogP contribution < -0.4 is 0 Å². The topological polar surface area (TPSA) is 9.23 Å². The van der Waals surface area contributed by atoms with Crippen molar-refractivity contribution >= 4 is 6.08 Å². The van der Waals surface area contributed by atoms with E-state index in [4.69, 9.17) is 4.74 Å². The standard InChI is InChI=1S/C30H31F3O/c1-3-34-19-26-15-14-25(18-28(26)31)22-11-6-21(7-12-22)8-13-24-16-17-27(30(33)29(24)32)23-9-4-20(2)5-10-23/h4-5,8-10,13-18,21-22H,3,6-7,11-12,19H2,1-2H3/b13-8+. The molecule has 1 fully saturated rings. The molecule has 4 rings (SSSR count). The van der Waals surface area contributed by atoms with Gasteiger partial charge in [-0.3, -0.25) is 0 Å². The normalized spacial score (nSPS) is 18.5. The summed E-state index contributed by atoms with van der Waals surface area (Å²) in [5.74, 6) is -1.21. The van der Waals surface area contributed by atoms with Crippen molar-refractivity contribution in [2.45, 2.75) is 52.1 Å². The minimum absolute atomic E-state index is 0.209. The molecule has 4 heteroatoms. The van der Waals surface area contributed by atoms with Crippen LogP contribution in [0.1, 0.15) is 60.8 Å². The number of allylic oxidation sites excluding steroid dienone is 1. The number of halogens is 3. The van der Waals surface area contributed by atoms with E-state index in [1.165, 1.54) is 0 Å². The zero-order chi connectivity index (χ0) is 24.1. The molecular weight excluding hydrogens is 433 g/mol. The summed E-state index contributed by atoms with van der Waals surface area (Å²) in [7, 11) is 0. The summed E-state index contributed by atoms with van der Waals surface area (Å²) in [5.41, 5.74) is 3.89. The molecule has 1 nitrogen and oxygen atoms in total.